The van der Waals surface area contributed by atoms with Gasteiger partial charge in [0.15, 0.2) is 0 Å². The standard InChI is InChI=1S/C14H22N4O2/c1-12-3-4-13(14(11-12)18(19)20)15-5-6-17-9-7-16(2)8-10-17/h3-4,11,15H,5-10H2,1-2H3. The highest BCUT2D eigenvalue weighted by molar-refractivity contribution is 5.62. The molecule has 0 amide bonds. The summed E-state index contributed by atoms with van der Waals surface area (Å²) in [5.74, 6) is 0. The second-order valence-corrected chi connectivity index (χ2v) is 5.35. The lowest BCUT2D eigenvalue weighted by Gasteiger charge is -2.32. The first-order valence-corrected chi connectivity index (χ1v) is 6.96. The molecule has 20 heavy (non-hydrogen) atoms. The average molecular weight is 278 g/mol. The largest absolute Gasteiger partial charge is 0.378 e. The zero-order valence-corrected chi connectivity index (χ0v) is 12.1. The fourth-order valence-electron chi connectivity index (χ4n) is 2.36. The molecule has 0 unspecified atom stereocenters. The summed E-state index contributed by atoms with van der Waals surface area (Å²) in [6.45, 7) is 7.81. The molecule has 1 saturated heterocycles. The molecule has 6 heteroatoms. The number of nitro benzene ring substituents is 1. The van der Waals surface area contributed by atoms with Crippen LogP contribution in [0.15, 0.2) is 18.2 Å². The number of hydrogen-bond donors (Lipinski definition) is 1. The lowest BCUT2D eigenvalue weighted by molar-refractivity contribution is -0.384. The minimum Gasteiger partial charge on any atom is -0.378 e. The molecular formula is C14H22N4O2. The van der Waals surface area contributed by atoms with Gasteiger partial charge in [-0.05, 0) is 25.6 Å². The van der Waals surface area contributed by atoms with Gasteiger partial charge in [-0.3, -0.25) is 15.0 Å². The van der Waals surface area contributed by atoms with Crippen LogP contribution >= 0.6 is 0 Å². The van der Waals surface area contributed by atoms with Crippen molar-refractivity contribution >= 4 is 11.4 Å². The topological polar surface area (TPSA) is 61.6 Å². The number of rotatable bonds is 5. The Labute approximate surface area is 119 Å². The van der Waals surface area contributed by atoms with Crippen LogP contribution in [0.3, 0.4) is 0 Å². The van der Waals surface area contributed by atoms with E-state index in [4.69, 9.17) is 0 Å². The molecule has 110 valence electrons. The van der Waals surface area contributed by atoms with E-state index in [2.05, 4.69) is 22.2 Å². The summed E-state index contributed by atoms with van der Waals surface area (Å²) in [5.41, 5.74) is 1.67. The van der Waals surface area contributed by atoms with Gasteiger partial charge in [-0.25, -0.2) is 0 Å². The average Bonchev–Trinajstić information content (AvgIpc) is 2.42. The van der Waals surface area contributed by atoms with Crippen molar-refractivity contribution in [1.82, 2.24) is 9.80 Å². The number of benzene rings is 1. The van der Waals surface area contributed by atoms with Crippen molar-refractivity contribution < 1.29 is 4.92 Å². The van der Waals surface area contributed by atoms with Gasteiger partial charge in [0.1, 0.15) is 5.69 Å². The van der Waals surface area contributed by atoms with Crippen molar-refractivity contribution in [2.45, 2.75) is 6.92 Å². The van der Waals surface area contributed by atoms with Gasteiger partial charge in [0.2, 0.25) is 0 Å². The van der Waals surface area contributed by atoms with Gasteiger partial charge in [-0.2, -0.15) is 0 Å². The number of aryl methyl sites for hydroxylation is 1. The second-order valence-electron chi connectivity index (χ2n) is 5.35. The van der Waals surface area contributed by atoms with Gasteiger partial charge < -0.3 is 10.2 Å². The van der Waals surface area contributed by atoms with Crippen LogP contribution in [0.1, 0.15) is 5.56 Å². The zero-order chi connectivity index (χ0) is 14.5. The van der Waals surface area contributed by atoms with Crippen molar-refractivity contribution in [2.24, 2.45) is 0 Å². The smallest absolute Gasteiger partial charge is 0.292 e. The maximum atomic E-state index is 11.0. The summed E-state index contributed by atoms with van der Waals surface area (Å²) in [6, 6.07) is 5.29. The van der Waals surface area contributed by atoms with Crippen LogP contribution in [0, 0.1) is 17.0 Å². The van der Waals surface area contributed by atoms with E-state index in [-0.39, 0.29) is 10.6 Å². The fourth-order valence-corrected chi connectivity index (χ4v) is 2.36. The SMILES string of the molecule is Cc1ccc(NCCN2CCN(C)CC2)c([N+](=O)[O-])c1. The Morgan fingerprint density at radius 3 is 2.65 bits per heavy atom. The van der Waals surface area contributed by atoms with Crippen LogP contribution in [-0.2, 0) is 0 Å². The molecule has 1 aromatic carbocycles. The second kappa shape index (κ2) is 6.67. The highest BCUT2D eigenvalue weighted by Crippen LogP contribution is 2.24. The number of nitro groups is 1. The van der Waals surface area contributed by atoms with Crippen molar-refractivity contribution in [1.29, 1.82) is 0 Å². The first-order chi connectivity index (χ1) is 9.56. The van der Waals surface area contributed by atoms with Crippen molar-refractivity contribution in [3.05, 3.63) is 33.9 Å². The summed E-state index contributed by atoms with van der Waals surface area (Å²) in [5, 5.41) is 14.2. The number of anilines is 1. The van der Waals surface area contributed by atoms with Gasteiger partial charge in [0, 0.05) is 45.3 Å². The molecule has 0 atom stereocenters. The third-order valence-electron chi connectivity index (χ3n) is 3.69. The first kappa shape index (κ1) is 14.7. The molecule has 0 aromatic heterocycles. The number of nitrogens with one attached hydrogen (secondary N) is 1. The Morgan fingerprint density at radius 1 is 1.30 bits per heavy atom. The van der Waals surface area contributed by atoms with Gasteiger partial charge in [0.05, 0.1) is 4.92 Å². The Hall–Kier alpha value is -1.66. The lowest BCUT2D eigenvalue weighted by Crippen LogP contribution is -2.45. The summed E-state index contributed by atoms with van der Waals surface area (Å²) in [7, 11) is 2.13. The molecule has 0 radical (unpaired) electrons. The minimum atomic E-state index is -0.328. The molecule has 2 rings (SSSR count). The van der Waals surface area contributed by atoms with Crippen LogP contribution in [0.5, 0.6) is 0 Å². The van der Waals surface area contributed by atoms with Crippen molar-refractivity contribution in [3.63, 3.8) is 0 Å². The summed E-state index contributed by atoms with van der Waals surface area (Å²) < 4.78 is 0. The summed E-state index contributed by atoms with van der Waals surface area (Å²) in [6.07, 6.45) is 0. The number of hydrogen-bond acceptors (Lipinski definition) is 5. The molecule has 1 aliphatic heterocycles. The Balaban J connectivity index is 1.86. The number of nitrogens with zero attached hydrogens (tertiary/aromatic N) is 3. The van der Waals surface area contributed by atoms with E-state index in [1.807, 2.05) is 13.0 Å². The molecule has 1 N–H and O–H groups in total. The van der Waals surface area contributed by atoms with Crippen LogP contribution < -0.4 is 5.32 Å². The molecular weight excluding hydrogens is 256 g/mol. The molecule has 1 fully saturated rings. The van der Waals surface area contributed by atoms with E-state index >= 15 is 0 Å². The molecule has 0 saturated carbocycles. The highest BCUT2D eigenvalue weighted by Gasteiger charge is 2.15. The van der Waals surface area contributed by atoms with Crippen LogP contribution in [-0.4, -0.2) is 61.0 Å². The van der Waals surface area contributed by atoms with E-state index in [1.165, 1.54) is 0 Å². The molecule has 0 spiro atoms. The molecule has 1 aliphatic rings. The molecule has 6 nitrogen and oxygen atoms in total. The third kappa shape index (κ3) is 3.91. The first-order valence-electron chi connectivity index (χ1n) is 6.96. The number of piperazine rings is 1. The maximum absolute atomic E-state index is 11.0. The van der Waals surface area contributed by atoms with E-state index in [1.54, 1.807) is 12.1 Å². The summed E-state index contributed by atoms with van der Waals surface area (Å²) in [4.78, 5) is 15.4. The van der Waals surface area contributed by atoms with Gasteiger partial charge in [-0.1, -0.05) is 6.07 Å². The van der Waals surface area contributed by atoms with Gasteiger partial charge in [0.25, 0.3) is 5.69 Å². The van der Waals surface area contributed by atoms with Crippen molar-refractivity contribution in [3.8, 4) is 0 Å². The van der Waals surface area contributed by atoms with Gasteiger partial charge in [-0.15, -0.1) is 0 Å². The minimum absolute atomic E-state index is 0.156. The van der Waals surface area contributed by atoms with E-state index in [0.29, 0.717) is 5.69 Å². The molecule has 1 aromatic rings. The lowest BCUT2D eigenvalue weighted by atomic mass is 10.2. The monoisotopic (exact) mass is 278 g/mol. The van der Waals surface area contributed by atoms with E-state index < -0.39 is 0 Å². The quantitative estimate of drug-likeness (QED) is 0.654. The zero-order valence-electron chi connectivity index (χ0n) is 12.1. The van der Waals surface area contributed by atoms with Crippen LogP contribution in [0.25, 0.3) is 0 Å². The number of likely N-dealkylation sites (N-methyl/N-ethyl adjacent to an activating group) is 1. The van der Waals surface area contributed by atoms with Crippen LogP contribution in [0.2, 0.25) is 0 Å². The molecule has 1 heterocycles. The fraction of sp³-hybridized carbons (Fsp3) is 0.571. The Bertz CT molecular complexity index is 470. The molecule has 0 aliphatic carbocycles. The highest BCUT2D eigenvalue weighted by atomic mass is 16.6. The Morgan fingerprint density at radius 2 is 2.00 bits per heavy atom. The predicted molar refractivity (Wildman–Crippen MR) is 80.3 cm³/mol. The predicted octanol–water partition coefficient (Wildman–Crippen LogP) is 1.56. The van der Waals surface area contributed by atoms with E-state index in [0.717, 1.165) is 44.8 Å². The molecule has 0 bridgehead atoms. The normalized spacial score (nSPS) is 17.1. The van der Waals surface area contributed by atoms with Crippen molar-refractivity contribution in [2.75, 3.05) is 51.6 Å². The maximum Gasteiger partial charge on any atom is 0.292 e. The third-order valence-corrected chi connectivity index (χ3v) is 3.69. The van der Waals surface area contributed by atoms with Gasteiger partial charge >= 0.3 is 0 Å². The van der Waals surface area contributed by atoms with E-state index in [9.17, 15) is 10.1 Å². The summed E-state index contributed by atoms with van der Waals surface area (Å²) >= 11 is 0. The van der Waals surface area contributed by atoms with Crippen LogP contribution in [0.4, 0.5) is 11.4 Å². The Kier molecular flexibility index (Phi) is 4.92.